The Morgan fingerprint density at radius 3 is 2.92 bits per heavy atom. The molecule has 0 saturated heterocycles. The third-order valence-corrected chi connectivity index (χ3v) is 4.91. The van der Waals surface area contributed by atoms with Crippen molar-refractivity contribution in [2.24, 2.45) is 0 Å². The number of aromatic nitrogens is 2. The molecule has 0 fully saturated rings. The average Bonchev–Trinajstić information content (AvgIpc) is 3.26. The summed E-state index contributed by atoms with van der Waals surface area (Å²) in [5.74, 6) is 1.15. The third-order valence-electron chi connectivity index (χ3n) is 3.95. The predicted octanol–water partition coefficient (Wildman–Crippen LogP) is 3.83. The van der Waals surface area contributed by atoms with Gasteiger partial charge in [0.2, 0.25) is 5.91 Å². The molecule has 130 valence electrons. The smallest absolute Gasteiger partial charge is 0.233 e. The molecule has 0 bridgehead atoms. The Balaban J connectivity index is 1.67. The van der Waals surface area contributed by atoms with Gasteiger partial charge in [0.05, 0.1) is 24.2 Å². The molecule has 5 nitrogen and oxygen atoms in total. The summed E-state index contributed by atoms with van der Waals surface area (Å²) in [4.78, 5) is 18.4. The van der Waals surface area contributed by atoms with Crippen molar-refractivity contribution in [3.63, 3.8) is 0 Å². The maximum Gasteiger partial charge on any atom is 0.233 e. The van der Waals surface area contributed by atoms with Crippen LogP contribution >= 0.6 is 11.8 Å². The minimum atomic E-state index is 0.0388. The van der Waals surface area contributed by atoms with Crippen LogP contribution in [0, 0.1) is 13.8 Å². The molecule has 3 aromatic rings. The number of hydrogen-bond acceptors (Lipinski definition) is 4. The molecule has 1 amide bonds. The summed E-state index contributed by atoms with van der Waals surface area (Å²) in [7, 11) is 1.78. The second kappa shape index (κ2) is 7.61. The number of furan rings is 1. The van der Waals surface area contributed by atoms with Crippen molar-refractivity contribution in [3.8, 4) is 5.69 Å². The van der Waals surface area contributed by atoms with E-state index in [4.69, 9.17) is 4.42 Å². The van der Waals surface area contributed by atoms with Gasteiger partial charge in [-0.3, -0.25) is 9.36 Å². The molecule has 6 heteroatoms. The molecule has 0 spiro atoms. The molecule has 0 aliphatic rings. The second-order valence-electron chi connectivity index (χ2n) is 5.99. The van der Waals surface area contributed by atoms with Crippen molar-refractivity contribution in [2.45, 2.75) is 25.5 Å². The lowest BCUT2D eigenvalue weighted by Gasteiger charge is -2.16. The lowest BCUT2D eigenvalue weighted by molar-refractivity contribution is -0.127. The quantitative estimate of drug-likeness (QED) is 0.631. The van der Waals surface area contributed by atoms with E-state index in [0.29, 0.717) is 12.3 Å². The Labute approximate surface area is 151 Å². The van der Waals surface area contributed by atoms with Gasteiger partial charge in [-0.25, -0.2) is 4.98 Å². The Morgan fingerprint density at radius 1 is 1.32 bits per heavy atom. The number of nitrogens with zero attached hydrogens (tertiary/aromatic N) is 3. The van der Waals surface area contributed by atoms with Gasteiger partial charge in [-0.1, -0.05) is 23.9 Å². The summed E-state index contributed by atoms with van der Waals surface area (Å²) >= 11 is 1.44. The van der Waals surface area contributed by atoms with Crippen LogP contribution in [-0.4, -0.2) is 33.2 Å². The molecule has 3 rings (SSSR count). The Bertz CT molecular complexity index is 855. The van der Waals surface area contributed by atoms with Crippen LogP contribution < -0.4 is 0 Å². The zero-order valence-corrected chi connectivity index (χ0v) is 15.4. The summed E-state index contributed by atoms with van der Waals surface area (Å²) < 4.78 is 7.32. The van der Waals surface area contributed by atoms with Crippen LogP contribution in [0.25, 0.3) is 5.69 Å². The summed E-state index contributed by atoms with van der Waals surface area (Å²) in [6, 6.07) is 10.0. The number of benzene rings is 1. The van der Waals surface area contributed by atoms with E-state index in [0.717, 1.165) is 16.6 Å². The van der Waals surface area contributed by atoms with E-state index in [1.54, 1.807) is 24.4 Å². The molecule has 0 radical (unpaired) electrons. The van der Waals surface area contributed by atoms with Gasteiger partial charge in [-0.05, 0) is 43.2 Å². The SMILES string of the molecule is Cc1ccc(C)c(-n2ccnc2SCC(=O)N(C)Cc2ccco2)c1. The molecular weight excluding hydrogens is 334 g/mol. The topological polar surface area (TPSA) is 51.3 Å². The van der Waals surface area contributed by atoms with Gasteiger partial charge >= 0.3 is 0 Å². The highest BCUT2D eigenvalue weighted by Gasteiger charge is 2.14. The average molecular weight is 355 g/mol. The van der Waals surface area contributed by atoms with Crippen molar-refractivity contribution in [1.82, 2.24) is 14.5 Å². The molecule has 0 unspecified atom stereocenters. The van der Waals surface area contributed by atoms with Crippen LogP contribution in [0.15, 0.2) is 58.6 Å². The summed E-state index contributed by atoms with van der Waals surface area (Å²) in [6.07, 6.45) is 5.31. The number of carbonyl (C=O) groups excluding carboxylic acids is 1. The number of rotatable bonds is 6. The third kappa shape index (κ3) is 4.14. The summed E-state index contributed by atoms with van der Waals surface area (Å²) in [6.45, 7) is 4.61. The fourth-order valence-electron chi connectivity index (χ4n) is 2.52. The number of thioether (sulfide) groups is 1. The standard InChI is InChI=1S/C19H21N3O2S/c1-14-6-7-15(2)17(11-14)22-9-8-20-19(22)25-13-18(23)21(3)12-16-5-4-10-24-16/h4-11H,12-13H2,1-3H3. The van der Waals surface area contributed by atoms with Crippen LogP contribution in [-0.2, 0) is 11.3 Å². The van der Waals surface area contributed by atoms with E-state index in [1.807, 2.05) is 22.9 Å². The first-order chi connectivity index (χ1) is 12.0. The molecular formula is C19H21N3O2S. The molecule has 25 heavy (non-hydrogen) atoms. The minimum absolute atomic E-state index is 0.0388. The van der Waals surface area contributed by atoms with Crippen molar-refractivity contribution >= 4 is 17.7 Å². The highest BCUT2D eigenvalue weighted by molar-refractivity contribution is 7.99. The van der Waals surface area contributed by atoms with Crippen LogP contribution in [0.2, 0.25) is 0 Å². The Kier molecular flexibility index (Phi) is 5.28. The first kappa shape index (κ1) is 17.4. The van der Waals surface area contributed by atoms with E-state index in [9.17, 15) is 4.79 Å². The largest absolute Gasteiger partial charge is 0.467 e. The van der Waals surface area contributed by atoms with Gasteiger partial charge in [0.25, 0.3) is 0 Å². The number of amides is 1. The van der Waals surface area contributed by atoms with Gasteiger partial charge in [-0.2, -0.15) is 0 Å². The van der Waals surface area contributed by atoms with Crippen LogP contribution in [0.1, 0.15) is 16.9 Å². The number of carbonyl (C=O) groups is 1. The Hall–Kier alpha value is -2.47. The molecule has 0 aliphatic heterocycles. The first-order valence-electron chi connectivity index (χ1n) is 8.04. The predicted molar refractivity (Wildman–Crippen MR) is 98.9 cm³/mol. The monoisotopic (exact) mass is 355 g/mol. The van der Waals surface area contributed by atoms with Crippen LogP contribution in [0.4, 0.5) is 0 Å². The van der Waals surface area contributed by atoms with Gasteiger partial charge in [0, 0.05) is 19.4 Å². The first-order valence-corrected chi connectivity index (χ1v) is 9.03. The summed E-state index contributed by atoms with van der Waals surface area (Å²) in [5, 5.41) is 0.813. The van der Waals surface area contributed by atoms with Crippen molar-refractivity contribution in [1.29, 1.82) is 0 Å². The van der Waals surface area contributed by atoms with Gasteiger partial charge < -0.3 is 9.32 Å². The molecule has 0 aliphatic carbocycles. The van der Waals surface area contributed by atoms with Crippen molar-refractivity contribution in [3.05, 3.63) is 65.9 Å². The lowest BCUT2D eigenvalue weighted by Crippen LogP contribution is -2.27. The fourth-order valence-corrected chi connectivity index (χ4v) is 3.43. The molecule has 0 atom stereocenters. The van der Waals surface area contributed by atoms with Crippen molar-refractivity contribution < 1.29 is 9.21 Å². The fraction of sp³-hybridized carbons (Fsp3) is 0.263. The molecule has 2 heterocycles. The maximum absolute atomic E-state index is 12.4. The second-order valence-corrected chi connectivity index (χ2v) is 6.93. The zero-order valence-electron chi connectivity index (χ0n) is 14.6. The van der Waals surface area contributed by atoms with E-state index in [2.05, 4.69) is 37.0 Å². The maximum atomic E-state index is 12.4. The molecule has 0 N–H and O–H groups in total. The molecule has 2 aromatic heterocycles. The minimum Gasteiger partial charge on any atom is -0.467 e. The van der Waals surface area contributed by atoms with Gasteiger partial charge in [-0.15, -0.1) is 0 Å². The van der Waals surface area contributed by atoms with Crippen LogP contribution in [0.5, 0.6) is 0 Å². The van der Waals surface area contributed by atoms with Gasteiger partial charge in [0.1, 0.15) is 5.76 Å². The molecule has 1 aromatic carbocycles. The number of imidazole rings is 1. The zero-order chi connectivity index (χ0) is 17.8. The summed E-state index contributed by atoms with van der Waals surface area (Å²) in [5.41, 5.74) is 3.46. The van der Waals surface area contributed by atoms with E-state index < -0.39 is 0 Å². The number of aryl methyl sites for hydroxylation is 2. The normalized spacial score (nSPS) is 10.8. The van der Waals surface area contributed by atoms with Gasteiger partial charge in [0.15, 0.2) is 5.16 Å². The molecule has 0 saturated carbocycles. The lowest BCUT2D eigenvalue weighted by atomic mass is 10.1. The van der Waals surface area contributed by atoms with Crippen LogP contribution in [0.3, 0.4) is 0 Å². The van der Waals surface area contributed by atoms with E-state index >= 15 is 0 Å². The Morgan fingerprint density at radius 2 is 2.16 bits per heavy atom. The highest BCUT2D eigenvalue weighted by atomic mass is 32.2. The number of hydrogen-bond donors (Lipinski definition) is 0. The van der Waals surface area contributed by atoms with E-state index in [1.165, 1.54) is 22.9 Å². The van der Waals surface area contributed by atoms with Crippen molar-refractivity contribution in [2.75, 3.05) is 12.8 Å². The van der Waals surface area contributed by atoms with E-state index in [-0.39, 0.29) is 5.91 Å². The highest BCUT2D eigenvalue weighted by Crippen LogP contribution is 2.24.